The second-order valence-electron chi connectivity index (χ2n) is 5.43. The topological polar surface area (TPSA) is 89.2 Å². The van der Waals surface area contributed by atoms with Gasteiger partial charge in [0.25, 0.3) is 5.91 Å². The summed E-state index contributed by atoms with van der Waals surface area (Å²) in [5.74, 6) is -16.5. The first kappa shape index (κ1) is 21.2. The average Bonchev–Trinajstić information content (AvgIpc) is 3.20. The van der Waals surface area contributed by atoms with Crippen molar-refractivity contribution >= 4 is 17.5 Å². The van der Waals surface area contributed by atoms with Crippen molar-refractivity contribution in [1.82, 2.24) is 15.1 Å². The Morgan fingerprint density at radius 3 is 2.36 bits per heavy atom. The fourth-order valence-electron chi connectivity index (χ4n) is 1.93. The number of furan rings is 1. The first-order valence-corrected chi connectivity index (χ1v) is 7.25. The van der Waals surface area contributed by atoms with Crippen LogP contribution in [0.1, 0.15) is 16.2 Å². The lowest BCUT2D eigenvalue weighted by Crippen LogP contribution is -2.57. The SMILES string of the molecule is Cn1cc(NC(=O)C(F)(F)C(F)(F)C(F)(F)F)c(C(=O)NCc2ccco2)n1. The zero-order valence-corrected chi connectivity index (χ0v) is 13.8. The van der Waals surface area contributed by atoms with Gasteiger partial charge in [0.2, 0.25) is 0 Å². The number of carbonyl (C=O) groups is 2. The molecule has 0 bridgehead atoms. The van der Waals surface area contributed by atoms with Gasteiger partial charge in [-0.2, -0.15) is 35.8 Å². The lowest BCUT2D eigenvalue weighted by Gasteiger charge is -2.26. The van der Waals surface area contributed by atoms with Crippen LogP contribution in [-0.4, -0.2) is 39.6 Å². The number of nitrogens with zero attached hydrogens (tertiary/aromatic N) is 2. The lowest BCUT2D eigenvalue weighted by molar-refractivity contribution is -0.343. The van der Waals surface area contributed by atoms with Crippen molar-refractivity contribution < 1.29 is 44.7 Å². The molecule has 2 aromatic heterocycles. The molecule has 2 aromatic rings. The molecule has 0 spiro atoms. The third-order valence-corrected chi connectivity index (χ3v) is 3.33. The number of hydrogen-bond acceptors (Lipinski definition) is 4. The third-order valence-electron chi connectivity index (χ3n) is 3.33. The highest BCUT2D eigenvalue weighted by molar-refractivity contribution is 6.04. The molecule has 0 atom stereocenters. The Hall–Kier alpha value is -3.06. The van der Waals surface area contributed by atoms with Crippen LogP contribution in [-0.2, 0) is 18.4 Å². The van der Waals surface area contributed by atoms with E-state index in [0.717, 1.165) is 10.9 Å². The van der Waals surface area contributed by atoms with E-state index in [0.29, 0.717) is 5.76 Å². The average molecular weight is 416 g/mol. The van der Waals surface area contributed by atoms with E-state index in [2.05, 4.69) is 10.4 Å². The Morgan fingerprint density at radius 1 is 1.18 bits per heavy atom. The molecule has 0 saturated heterocycles. The van der Waals surface area contributed by atoms with Gasteiger partial charge in [0, 0.05) is 13.2 Å². The van der Waals surface area contributed by atoms with E-state index in [-0.39, 0.29) is 6.54 Å². The predicted molar refractivity (Wildman–Crippen MR) is 77.7 cm³/mol. The maximum Gasteiger partial charge on any atom is 0.460 e. The molecule has 0 aliphatic heterocycles. The Labute approximate surface area is 151 Å². The molecule has 2 rings (SSSR count). The van der Waals surface area contributed by atoms with Crippen molar-refractivity contribution in [3.63, 3.8) is 0 Å². The fraction of sp³-hybridized carbons (Fsp3) is 0.357. The van der Waals surface area contributed by atoms with Crippen LogP contribution in [0.5, 0.6) is 0 Å². The summed E-state index contributed by atoms with van der Waals surface area (Å²) in [6, 6.07) is 3.00. The molecule has 28 heavy (non-hydrogen) atoms. The van der Waals surface area contributed by atoms with Gasteiger partial charge in [0.05, 0.1) is 18.5 Å². The van der Waals surface area contributed by atoms with Crippen LogP contribution in [0.15, 0.2) is 29.0 Å². The van der Waals surface area contributed by atoms with E-state index in [1.165, 1.54) is 30.8 Å². The standard InChI is InChI=1S/C14H11F7N4O3/c1-25-6-8(9(24-25)10(26)22-5-7-3-2-4-28-7)23-11(27)12(15,16)13(17,18)14(19,20)21/h2-4,6H,5H2,1H3,(H,22,26)(H,23,27). The molecule has 2 amide bonds. The summed E-state index contributed by atoms with van der Waals surface area (Å²) in [7, 11) is 1.20. The van der Waals surface area contributed by atoms with Crippen LogP contribution in [0.25, 0.3) is 0 Å². The normalized spacial score (nSPS) is 12.7. The summed E-state index contributed by atoms with van der Waals surface area (Å²) < 4.78 is 95.1. The number of rotatable bonds is 6. The van der Waals surface area contributed by atoms with Crippen molar-refractivity contribution in [1.29, 1.82) is 0 Å². The Balaban J connectivity index is 2.20. The van der Waals surface area contributed by atoms with Gasteiger partial charge < -0.3 is 15.1 Å². The van der Waals surface area contributed by atoms with Crippen molar-refractivity contribution in [2.45, 2.75) is 24.6 Å². The van der Waals surface area contributed by atoms with Gasteiger partial charge in [-0.05, 0) is 12.1 Å². The highest BCUT2D eigenvalue weighted by atomic mass is 19.4. The fourth-order valence-corrected chi connectivity index (χ4v) is 1.93. The molecule has 7 nitrogen and oxygen atoms in total. The van der Waals surface area contributed by atoms with Crippen LogP contribution in [0.3, 0.4) is 0 Å². The number of hydrogen-bond donors (Lipinski definition) is 2. The molecular weight excluding hydrogens is 405 g/mol. The highest BCUT2D eigenvalue weighted by Crippen LogP contribution is 2.46. The maximum absolute atomic E-state index is 13.4. The summed E-state index contributed by atoms with van der Waals surface area (Å²) in [6.45, 7) is -0.169. The van der Waals surface area contributed by atoms with Crippen molar-refractivity contribution in [3.05, 3.63) is 36.0 Å². The molecule has 154 valence electrons. The van der Waals surface area contributed by atoms with Crippen LogP contribution in [0, 0.1) is 0 Å². The summed E-state index contributed by atoms with van der Waals surface area (Å²) in [5.41, 5.74) is -1.48. The second-order valence-corrected chi connectivity index (χ2v) is 5.43. The largest absolute Gasteiger partial charge is 0.467 e. The van der Waals surface area contributed by atoms with E-state index in [4.69, 9.17) is 4.42 Å². The van der Waals surface area contributed by atoms with Crippen LogP contribution >= 0.6 is 0 Å². The highest BCUT2D eigenvalue weighted by Gasteiger charge is 2.76. The lowest BCUT2D eigenvalue weighted by atomic mass is 10.1. The summed E-state index contributed by atoms with van der Waals surface area (Å²) >= 11 is 0. The molecule has 2 N–H and O–H groups in total. The summed E-state index contributed by atoms with van der Waals surface area (Å²) in [5, 5.41) is 6.99. The number of alkyl halides is 7. The molecule has 0 aliphatic rings. The van der Waals surface area contributed by atoms with E-state index in [1.807, 2.05) is 0 Å². The molecule has 0 radical (unpaired) electrons. The molecule has 2 heterocycles. The molecule has 0 unspecified atom stereocenters. The molecule has 14 heteroatoms. The van der Waals surface area contributed by atoms with Gasteiger partial charge in [-0.3, -0.25) is 14.3 Å². The van der Waals surface area contributed by atoms with Crippen molar-refractivity contribution in [2.75, 3.05) is 5.32 Å². The molecule has 0 saturated carbocycles. The third kappa shape index (κ3) is 3.94. The minimum Gasteiger partial charge on any atom is -0.467 e. The maximum atomic E-state index is 13.4. The van der Waals surface area contributed by atoms with Gasteiger partial charge in [-0.1, -0.05) is 0 Å². The van der Waals surface area contributed by atoms with Gasteiger partial charge in [-0.25, -0.2) is 0 Å². The van der Waals surface area contributed by atoms with Crippen molar-refractivity contribution in [3.8, 4) is 0 Å². The Bertz CT molecular complexity index is 859. The van der Waals surface area contributed by atoms with Gasteiger partial charge in [-0.15, -0.1) is 0 Å². The number of nitrogens with one attached hydrogen (secondary N) is 2. The first-order chi connectivity index (χ1) is 12.8. The number of halogens is 7. The van der Waals surface area contributed by atoms with E-state index < -0.39 is 41.2 Å². The molecule has 0 fully saturated rings. The molecule has 0 aliphatic carbocycles. The number of anilines is 1. The van der Waals surface area contributed by atoms with E-state index >= 15 is 0 Å². The van der Waals surface area contributed by atoms with Crippen LogP contribution < -0.4 is 10.6 Å². The van der Waals surface area contributed by atoms with Gasteiger partial charge in [0.1, 0.15) is 5.76 Å². The Morgan fingerprint density at radius 2 is 1.82 bits per heavy atom. The van der Waals surface area contributed by atoms with E-state index in [1.54, 1.807) is 0 Å². The predicted octanol–water partition coefficient (Wildman–Crippen LogP) is 2.71. The zero-order valence-electron chi connectivity index (χ0n) is 13.8. The molecule has 0 aromatic carbocycles. The van der Waals surface area contributed by atoms with Gasteiger partial charge >= 0.3 is 23.9 Å². The smallest absolute Gasteiger partial charge is 0.460 e. The summed E-state index contributed by atoms with van der Waals surface area (Å²) in [6.07, 6.45) is -4.59. The second kappa shape index (κ2) is 7.16. The number of aromatic nitrogens is 2. The number of amides is 2. The summed E-state index contributed by atoms with van der Waals surface area (Å²) in [4.78, 5) is 23.5. The number of carbonyl (C=O) groups excluding carboxylic acids is 2. The Kier molecular flexibility index (Phi) is 5.43. The quantitative estimate of drug-likeness (QED) is 0.709. The van der Waals surface area contributed by atoms with Crippen molar-refractivity contribution in [2.24, 2.45) is 7.05 Å². The first-order valence-electron chi connectivity index (χ1n) is 7.25. The van der Waals surface area contributed by atoms with Gasteiger partial charge in [0.15, 0.2) is 5.69 Å². The van der Waals surface area contributed by atoms with E-state index in [9.17, 15) is 40.3 Å². The molecular formula is C14H11F7N4O3. The minimum absolute atomic E-state index is 0.169. The minimum atomic E-state index is -6.67. The monoisotopic (exact) mass is 416 g/mol. The van der Waals surface area contributed by atoms with Crippen LogP contribution in [0.2, 0.25) is 0 Å². The zero-order chi connectivity index (χ0) is 21.3. The number of aryl methyl sites for hydroxylation is 1. The van der Waals surface area contributed by atoms with Crippen LogP contribution in [0.4, 0.5) is 36.4 Å².